The average molecular weight is 343 g/mol. The monoisotopic (exact) mass is 343 g/mol. The molecule has 1 atom stereocenters. The maximum Gasteiger partial charge on any atom is 0.274 e. The quantitative estimate of drug-likeness (QED) is 0.665. The largest absolute Gasteiger partial charge is 0.353 e. The Kier molecular flexibility index (Phi) is 4.71. The molecule has 134 valence electrons. The van der Waals surface area contributed by atoms with Crippen molar-refractivity contribution in [2.24, 2.45) is 0 Å². The van der Waals surface area contributed by atoms with Gasteiger partial charge in [-0.3, -0.25) is 14.1 Å². The van der Waals surface area contributed by atoms with Gasteiger partial charge in [0.1, 0.15) is 23.2 Å². The third kappa shape index (κ3) is 2.86. The number of H-pyrrole nitrogens is 1. The first-order chi connectivity index (χ1) is 12.0. The van der Waals surface area contributed by atoms with Gasteiger partial charge >= 0.3 is 0 Å². The van der Waals surface area contributed by atoms with E-state index in [1.54, 1.807) is 0 Å². The molecule has 3 aromatic heterocycles. The minimum atomic E-state index is -0.175. The van der Waals surface area contributed by atoms with Crippen LogP contribution in [0.15, 0.2) is 11.1 Å². The first kappa shape index (κ1) is 17.3. The third-order valence-electron chi connectivity index (χ3n) is 4.64. The maximum absolute atomic E-state index is 12.6. The molecule has 8 nitrogen and oxygen atoms in total. The van der Waals surface area contributed by atoms with Crippen molar-refractivity contribution in [2.75, 3.05) is 18.4 Å². The van der Waals surface area contributed by atoms with Crippen molar-refractivity contribution in [3.05, 3.63) is 28.2 Å². The fourth-order valence-electron chi connectivity index (χ4n) is 3.32. The molecular formula is C17H25N7O. The van der Waals surface area contributed by atoms with E-state index in [0.29, 0.717) is 28.2 Å². The van der Waals surface area contributed by atoms with Crippen molar-refractivity contribution < 1.29 is 0 Å². The van der Waals surface area contributed by atoms with Crippen LogP contribution in [0.25, 0.3) is 16.7 Å². The van der Waals surface area contributed by atoms with Crippen molar-refractivity contribution in [1.29, 1.82) is 0 Å². The molecule has 0 aliphatic rings. The molecule has 0 aliphatic heterocycles. The van der Waals surface area contributed by atoms with Gasteiger partial charge in [-0.15, -0.1) is 0 Å². The topological polar surface area (TPSA) is 91.2 Å². The molecule has 2 N–H and O–H groups in total. The zero-order valence-corrected chi connectivity index (χ0v) is 15.4. The molecule has 3 aromatic rings. The Hall–Kier alpha value is -2.48. The maximum atomic E-state index is 12.6. The zero-order chi connectivity index (χ0) is 18.1. The molecule has 3 rings (SSSR count). The van der Waals surface area contributed by atoms with Crippen molar-refractivity contribution >= 4 is 22.5 Å². The molecule has 1 unspecified atom stereocenters. The van der Waals surface area contributed by atoms with Crippen LogP contribution in [-0.4, -0.2) is 48.5 Å². The number of rotatable bonds is 6. The van der Waals surface area contributed by atoms with Crippen LogP contribution in [0.4, 0.5) is 5.82 Å². The second-order valence-corrected chi connectivity index (χ2v) is 6.07. The molecule has 3 heterocycles. The lowest BCUT2D eigenvalue weighted by Gasteiger charge is -2.27. The number of anilines is 1. The minimum absolute atomic E-state index is 0.0856. The summed E-state index contributed by atoms with van der Waals surface area (Å²) < 4.78 is 1.85. The highest BCUT2D eigenvalue weighted by Crippen LogP contribution is 2.20. The molecular weight excluding hydrogens is 318 g/mol. The summed E-state index contributed by atoms with van der Waals surface area (Å²) in [6.45, 7) is 12.0. The summed E-state index contributed by atoms with van der Waals surface area (Å²) in [5.74, 6) is 1.45. The lowest BCUT2D eigenvalue weighted by atomic mass is 10.3. The molecule has 0 bridgehead atoms. The predicted molar refractivity (Wildman–Crippen MR) is 99.0 cm³/mol. The Bertz CT molecular complexity index is 955. The van der Waals surface area contributed by atoms with Crippen LogP contribution in [0.1, 0.15) is 39.2 Å². The van der Waals surface area contributed by atoms with E-state index in [9.17, 15) is 4.79 Å². The molecule has 0 aromatic carbocycles. The molecule has 0 aliphatic carbocycles. The smallest absolute Gasteiger partial charge is 0.274 e. The van der Waals surface area contributed by atoms with Gasteiger partial charge in [-0.05, 0) is 26.9 Å². The van der Waals surface area contributed by atoms with Crippen LogP contribution in [0.5, 0.6) is 0 Å². The van der Waals surface area contributed by atoms with Gasteiger partial charge in [-0.2, -0.15) is 0 Å². The number of imidazole rings is 1. The van der Waals surface area contributed by atoms with Crippen LogP contribution >= 0.6 is 0 Å². The number of hydrogen-bond acceptors (Lipinski definition) is 6. The van der Waals surface area contributed by atoms with Crippen LogP contribution in [0.3, 0.4) is 0 Å². The zero-order valence-electron chi connectivity index (χ0n) is 15.4. The number of hydrogen-bond donors (Lipinski definition) is 2. The molecule has 0 saturated carbocycles. The third-order valence-corrected chi connectivity index (χ3v) is 4.64. The Morgan fingerprint density at radius 2 is 2.00 bits per heavy atom. The van der Waals surface area contributed by atoms with Gasteiger partial charge in [0.15, 0.2) is 11.5 Å². The van der Waals surface area contributed by atoms with Gasteiger partial charge in [0, 0.05) is 6.42 Å². The van der Waals surface area contributed by atoms with Crippen LogP contribution in [0, 0.1) is 6.92 Å². The number of aromatic amines is 1. The Morgan fingerprint density at radius 1 is 1.28 bits per heavy atom. The molecule has 0 amide bonds. The highest BCUT2D eigenvalue weighted by molar-refractivity contribution is 5.84. The number of nitrogens with one attached hydrogen (secondary N) is 2. The summed E-state index contributed by atoms with van der Waals surface area (Å²) >= 11 is 0. The van der Waals surface area contributed by atoms with Gasteiger partial charge in [-0.1, -0.05) is 20.8 Å². The Labute approximate surface area is 146 Å². The number of aromatic nitrogens is 5. The summed E-state index contributed by atoms with van der Waals surface area (Å²) in [5, 5.41) is 3.39. The molecule has 0 radical (unpaired) electrons. The first-order valence-corrected chi connectivity index (χ1v) is 8.77. The van der Waals surface area contributed by atoms with Crippen molar-refractivity contribution in [3.8, 4) is 0 Å². The van der Waals surface area contributed by atoms with Gasteiger partial charge in [0.05, 0.1) is 11.9 Å². The van der Waals surface area contributed by atoms with E-state index < -0.39 is 0 Å². The number of fused-ring (bicyclic) bond motifs is 3. The van der Waals surface area contributed by atoms with E-state index in [-0.39, 0.29) is 11.7 Å². The van der Waals surface area contributed by atoms with Crippen LogP contribution in [0.2, 0.25) is 0 Å². The molecule has 25 heavy (non-hydrogen) atoms. The van der Waals surface area contributed by atoms with E-state index in [0.717, 1.165) is 25.3 Å². The van der Waals surface area contributed by atoms with E-state index in [1.807, 2.05) is 18.2 Å². The highest BCUT2D eigenvalue weighted by Gasteiger charge is 2.18. The second-order valence-electron chi connectivity index (χ2n) is 6.07. The predicted octanol–water partition coefficient (Wildman–Crippen LogP) is 1.94. The van der Waals surface area contributed by atoms with E-state index in [2.05, 4.69) is 50.9 Å². The molecule has 0 saturated heterocycles. The molecule has 0 spiro atoms. The minimum Gasteiger partial charge on any atom is -0.353 e. The fourth-order valence-corrected chi connectivity index (χ4v) is 3.32. The Morgan fingerprint density at radius 3 is 2.64 bits per heavy atom. The van der Waals surface area contributed by atoms with Crippen LogP contribution in [-0.2, 0) is 6.42 Å². The van der Waals surface area contributed by atoms with Crippen molar-refractivity contribution in [2.45, 2.75) is 47.2 Å². The van der Waals surface area contributed by atoms with E-state index >= 15 is 0 Å². The normalized spacial score (nSPS) is 13.0. The number of nitrogens with zero attached hydrogens (tertiary/aromatic N) is 5. The lowest BCUT2D eigenvalue weighted by molar-refractivity contribution is 0.253. The van der Waals surface area contributed by atoms with E-state index in [1.165, 1.54) is 6.33 Å². The van der Waals surface area contributed by atoms with Crippen molar-refractivity contribution in [3.63, 3.8) is 0 Å². The summed E-state index contributed by atoms with van der Waals surface area (Å²) in [6, 6.07) is 0. The summed E-state index contributed by atoms with van der Waals surface area (Å²) in [7, 11) is 0. The van der Waals surface area contributed by atoms with Crippen molar-refractivity contribution in [1.82, 2.24) is 29.2 Å². The SMILES string of the molecule is CCc1nc(C)c2c(=O)[nH]c3c(NC(C)N(CC)CC)ncnc3n12. The lowest BCUT2D eigenvalue weighted by Crippen LogP contribution is -2.38. The second kappa shape index (κ2) is 6.79. The summed E-state index contributed by atoms with van der Waals surface area (Å²) in [6.07, 6.45) is 2.32. The summed E-state index contributed by atoms with van der Waals surface area (Å²) in [5.41, 5.74) is 2.35. The van der Waals surface area contributed by atoms with Gasteiger partial charge in [0.2, 0.25) is 0 Å². The fraction of sp³-hybridized carbons (Fsp3) is 0.529. The molecule has 0 fully saturated rings. The van der Waals surface area contributed by atoms with Crippen LogP contribution < -0.4 is 10.9 Å². The van der Waals surface area contributed by atoms with E-state index in [4.69, 9.17) is 0 Å². The van der Waals surface area contributed by atoms with Gasteiger partial charge < -0.3 is 10.3 Å². The van der Waals surface area contributed by atoms with Gasteiger partial charge in [0.25, 0.3) is 5.56 Å². The highest BCUT2D eigenvalue weighted by atomic mass is 16.1. The number of aryl methyl sites for hydroxylation is 2. The average Bonchev–Trinajstić information content (AvgIpc) is 2.94. The standard InChI is InChI=1S/C17H25N7O/c1-6-12-20-10(4)14-17(25)22-13-15(18-9-19-16(13)24(12)14)21-11(5)23(7-2)8-3/h9,11H,6-8H2,1-5H3,(H,22,25)(H,18,19,21). The molecule has 8 heteroatoms. The summed E-state index contributed by atoms with van der Waals surface area (Å²) in [4.78, 5) is 31.1. The Balaban J connectivity index is 2.21. The first-order valence-electron chi connectivity index (χ1n) is 8.77. The van der Waals surface area contributed by atoms with Gasteiger partial charge in [-0.25, -0.2) is 15.0 Å².